The SMILES string of the molecule is CCCCCCOC(=O)C=CC(=O)OC. The summed E-state index contributed by atoms with van der Waals surface area (Å²) >= 11 is 0. The first-order valence-corrected chi connectivity index (χ1v) is 5.13. The number of unbranched alkanes of at least 4 members (excludes halogenated alkanes) is 3. The normalized spacial score (nSPS) is 10.3. The average Bonchev–Trinajstić information content (AvgIpc) is 2.25. The summed E-state index contributed by atoms with van der Waals surface area (Å²) in [5, 5.41) is 0. The largest absolute Gasteiger partial charge is 0.466 e. The minimum Gasteiger partial charge on any atom is -0.466 e. The van der Waals surface area contributed by atoms with Gasteiger partial charge in [-0.25, -0.2) is 9.59 Å². The molecule has 4 heteroatoms. The summed E-state index contributed by atoms with van der Waals surface area (Å²) < 4.78 is 9.17. The van der Waals surface area contributed by atoms with E-state index in [-0.39, 0.29) is 0 Å². The van der Waals surface area contributed by atoms with Crippen LogP contribution in [0.15, 0.2) is 12.2 Å². The molecule has 0 N–H and O–H groups in total. The molecule has 0 aliphatic carbocycles. The van der Waals surface area contributed by atoms with Gasteiger partial charge in [0.2, 0.25) is 0 Å². The van der Waals surface area contributed by atoms with Crippen LogP contribution in [0.2, 0.25) is 0 Å². The lowest BCUT2D eigenvalue weighted by atomic mass is 10.2. The fourth-order valence-electron chi connectivity index (χ4n) is 0.954. The Balaban J connectivity index is 3.49. The van der Waals surface area contributed by atoms with Crippen LogP contribution in [-0.4, -0.2) is 25.7 Å². The summed E-state index contributed by atoms with van der Waals surface area (Å²) in [5.41, 5.74) is 0. The van der Waals surface area contributed by atoms with Crippen molar-refractivity contribution in [2.75, 3.05) is 13.7 Å². The third-order valence-corrected chi connectivity index (χ3v) is 1.80. The lowest BCUT2D eigenvalue weighted by Crippen LogP contribution is -2.04. The highest BCUT2D eigenvalue weighted by Gasteiger charge is 1.98. The van der Waals surface area contributed by atoms with E-state index in [1.165, 1.54) is 7.11 Å². The maximum absolute atomic E-state index is 11.0. The van der Waals surface area contributed by atoms with Crippen LogP contribution < -0.4 is 0 Å². The van der Waals surface area contributed by atoms with Gasteiger partial charge in [0, 0.05) is 12.2 Å². The van der Waals surface area contributed by atoms with Crippen LogP contribution in [0.5, 0.6) is 0 Å². The van der Waals surface area contributed by atoms with Crippen molar-refractivity contribution in [1.82, 2.24) is 0 Å². The van der Waals surface area contributed by atoms with Crippen molar-refractivity contribution >= 4 is 11.9 Å². The first-order valence-electron chi connectivity index (χ1n) is 5.13. The monoisotopic (exact) mass is 214 g/mol. The topological polar surface area (TPSA) is 52.6 Å². The zero-order chi connectivity index (χ0) is 11.5. The van der Waals surface area contributed by atoms with Gasteiger partial charge in [0.25, 0.3) is 0 Å². The number of esters is 2. The van der Waals surface area contributed by atoms with Crippen molar-refractivity contribution in [1.29, 1.82) is 0 Å². The summed E-state index contributed by atoms with van der Waals surface area (Å²) in [5.74, 6) is -1.06. The molecule has 0 fully saturated rings. The van der Waals surface area contributed by atoms with E-state index in [1.54, 1.807) is 0 Å². The van der Waals surface area contributed by atoms with E-state index >= 15 is 0 Å². The molecule has 0 radical (unpaired) electrons. The van der Waals surface area contributed by atoms with E-state index in [0.29, 0.717) is 6.61 Å². The van der Waals surface area contributed by atoms with Crippen molar-refractivity contribution in [3.05, 3.63) is 12.2 Å². The molecule has 0 rings (SSSR count). The van der Waals surface area contributed by atoms with E-state index in [0.717, 1.165) is 37.8 Å². The second-order valence-electron chi connectivity index (χ2n) is 3.08. The first-order chi connectivity index (χ1) is 7.20. The van der Waals surface area contributed by atoms with Crippen molar-refractivity contribution in [3.63, 3.8) is 0 Å². The van der Waals surface area contributed by atoms with Gasteiger partial charge in [0.1, 0.15) is 0 Å². The molecule has 0 aliphatic heterocycles. The van der Waals surface area contributed by atoms with Crippen molar-refractivity contribution in [2.24, 2.45) is 0 Å². The third kappa shape index (κ3) is 9.00. The fraction of sp³-hybridized carbons (Fsp3) is 0.636. The Morgan fingerprint density at radius 1 is 1.07 bits per heavy atom. The van der Waals surface area contributed by atoms with Crippen LogP contribution in [0, 0.1) is 0 Å². The van der Waals surface area contributed by atoms with Gasteiger partial charge in [-0.15, -0.1) is 0 Å². The molecule has 0 aromatic heterocycles. The highest BCUT2D eigenvalue weighted by Crippen LogP contribution is 1.99. The number of methoxy groups -OCH3 is 1. The van der Waals surface area contributed by atoms with E-state index in [1.807, 2.05) is 0 Å². The van der Waals surface area contributed by atoms with Gasteiger partial charge in [0.05, 0.1) is 13.7 Å². The molecule has 0 aromatic rings. The summed E-state index contributed by atoms with van der Waals surface area (Å²) in [6.45, 7) is 2.52. The van der Waals surface area contributed by atoms with Crippen LogP contribution >= 0.6 is 0 Å². The molecular weight excluding hydrogens is 196 g/mol. The number of ether oxygens (including phenoxy) is 2. The molecule has 0 heterocycles. The van der Waals surface area contributed by atoms with Crippen molar-refractivity contribution in [3.8, 4) is 0 Å². The Kier molecular flexibility index (Phi) is 8.43. The number of hydrogen-bond acceptors (Lipinski definition) is 4. The fourth-order valence-corrected chi connectivity index (χ4v) is 0.954. The Morgan fingerprint density at radius 2 is 1.73 bits per heavy atom. The lowest BCUT2D eigenvalue weighted by molar-refractivity contribution is -0.139. The standard InChI is InChI=1S/C11H18O4/c1-3-4-5-6-9-15-11(13)8-7-10(12)14-2/h7-8H,3-6,9H2,1-2H3. The number of hydrogen-bond donors (Lipinski definition) is 0. The Bertz CT molecular complexity index is 221. The van der Waals surface area contributed by atoms with Crippen LogP contribution in [0.3, 0.4) is 0 Å². The quantitative estimate of drug-likeness (QED) is 0.368. The predicted molar refractivity (Wildman–Crippen MR) is 56.3 cm³/mol. The summed E-state index contributed by atoms with van der Waals surface area (Å²) in [4.78, 5) is 21.6. The highest BCUT2D eigenvalue weighted by atomic mass is 16.5. The molecule has 15 heavy (non-hydrogen) atoms. The van der Waals surface area contributed by atoms with Crippen LogP contribution in [0.25, 0.3) is 0 Å². The molecule has 0 saturated heterocycles. The maximum Gasteiger partial charge on any atom is 0.331 e. The molecule has 0 atom stereocenters. The van der Waals surface area contributed by atoms with Gasteiger partial charge in [-0.3, -0.25) is 0 Å². The Labute approximate surface area is 90.2 Å². The smallest absolute Gasteiger partial charge is 0.331 e. The van der Waals surface area contributed by atoms with Gasteiger partial charge < -0.3 is 9.47 Å². The van der Waals surface area contributed by atoms with Gasteiger partial charge in [-0.05, 0) is 6.42 Å². The molecule has 0 bridgehead atoms. The third-order valence-electron chi connectivity index (χ3n) is 1.80. The van der Waals surface area contributed by atoms with Gasteiger partial charge >= 0.3 is 11.9 Å². The Morgan fingerprint density at radius 3 is 2.33 bits per heavy atom. The van der Waals surface area contributed by atoms with Crippen LogP contribution in [0.4, 0.5) is 0 Å². The van der Waals surface area contributed by atoms with E-state index in [9.17, 15) is 9.59 Å². The van der Waals surface area contributed by atoms with E-state index in [2.05, 4.69) is 11.7 Å². The molecule has 0 aliphatic rings. The summed E-state index contributed by atoms with van der Waals surface area (Å²) in [7, 11) is 1.25. The molecule has 0 aromatic carbocycles. The lowest BCUT2D eigenvalue weighted by Gasteiger charge is -2.00. The maximum atomic E-state index is 11.0. The van der Waals surface area contributed by atoms with Crippen LogP contribution in [-0.2, 0) is 19.1 Å². The van der Waals surface area contributed by atoms with Crippen molar-refractivity contribution in [2.45, 2.75) is 32.6 Å². The Hall–Kier alpha value is -1.32. The first kappa shape index (κ1) is 13.7. The minimum absolute atomic E-state index is 0.407. The second-order valence-corrected chi connectivity index (χ2v) is 3.08. The summed E-state index contributed by atoms with van der Waals surface area (Å²) in [6.07, 6.45) is 6.35. The second kappa shape index (κ2) is 9.24. The van der Waals surface area contributed by atoms with Crippen molar-refractivity contribution < 1.29 is 19.1 Å². The minimum atomic E-state index is -0.557. The van der Waals surface area contributed by atoms with E-state index in [4.69, 9.17) is 4.74 Å². The summed E-state index contributed by atoms with van der Waals surface area (Å²) in [6, 6.07) is 0. The predicted octanol–water partition coefficient (Wildman–Crippen LogP) is 1.84. The molecule has 0 amide bonds. The number of carbonyl (C=O) groups is 2. The highest BCUT2D eigenvalue weighted by molar-refractivity contribution is 5.91. The van der Waals surface area contributed by atoms with E-state index < -0.39 is 11.9 Å². The molecule has 0 unspecified atom stereocenters. The van der Waals surface area contributed by atoms with Crippen LogP contribution in [0.1, 0.15) is 32.6 Å². The van der Waals surface area contributed by atoms with Gasteiger partial charge in [-0.1, -0.05) is 26.2 Å². The van der Waals surface area contributed by atoms with Gasteiger partial charge in [-0.2, -0.15) is 0 Å². The molecular formula is C11H18O4. The number of rotatable bonds is 7. The average molecular weight is 214 g/mol. The molecule has 0 saturated carbocycles. The molecule has 4 nitrogen and oxygen atoms in total. The zero-order valence-corrected chi connectivity index (χ0v) is 9.32. The number of carbonyl (C=O) groups excluding carboxylic acids is 2. The van der Waals surface area contributed by atoms with Gasteiger partial charge in [0.15, 0.2) is 0 Å². The molecule has 86 valence electrons. The molecule has 0 spiro atoms. The zero-order valence-electron chi connectivity index (χ0n) is 9.32.